The number of aliphatic hydroxyl groups is 1. The maximum Gasteiger partial charge on any atom is 0.230 e. The number of quaternary nitrogens is 1. The highest BCUT2D eigenvalue weighted by Crippen LogP contribution is 2.18. The minimum atomic E-state index is -1.33. The molecule has 0 fully saturated rings. The summed E-state index contributed by atoms with van der Waals surface area (Å²) >= 11 is 0. The number of aliphatic hydroxyl groups excluding tert-OH is 1. The van der Waals surface area contributed by atoms with Crippen molar-refractivity contribution in [3.8, 4) is 0 Å². The molecule has 132 valence electrons. The fourth-order valence-corrected chi connectivity index (χ4v) is 2.28. The van der Waals surface area contributed by atoms with Crippen molar-refractivity contribution in [1.29, 1.82) is 0 Å². The Kier molecular flexibility index (Phi) is 6.94. The highest BCUT2D eigenvalue weighted by Gasteiger charge is 2.17. The number of rotatable bonds is 9. The van der Waals surface area contributed by atoms with Gasteiger partial charge < -0.3 is 31.0 Å². The van der Waals surface area contributed by atoms with Crippen molar-refractivity contribution in [3.05, 3.63) is 54.6 Å². The van der Waals surface area contributed by atoms with E-state index >= 15 is 0 Å². The van der Waals surface area contributed by atoms with E-state index in [1.165, 1.54) is 5.32 Å². The van der Waals surface area contributed by atoms with Gasteiger partial charge in [0.05, 0.1) is 25.5 Å². The molecular formula is C18H21N3O4. The van der Waals surface area contributed by atoms with Gasteiger partial charge in [0.1, 0.15) is 6.04 Å². The van der Waals surface area contributed by atoms with Crippen LogP contribution < -0.4 is 21.1 Å². The summed E-state index contributed by atoms with van der Waals surface area (Å²) in [7, 11) is 0. The molecule has 0 aliphatic carbocycles. The monoisotopic (exact) mass is 343 g/mol. The van der Waals surface area contributed by atoms with Gasteiger partial charge in [0, 0.05) is 17.1 Å². The Hall–Kier alpha value is -2.90. The molecule has 1 amide bonds. The number of carbonyl (C=O) groups excluding carboxylic acids is 2. The van der Waals surface area contributed by atoms with Crippen LogP contribution in [-0.2, 0) is 9.59 Å². The molecule has 0 saturated heterocycles. The topological polar surface area (TPSA) is 118 Å². The molecule has 2 rings (SSSR count). The molecule has 5 N–H and O–H groups in total. The predicted octanol–water partition coefficient (Wildman–Crippen LogP) is -0.567. The Balaban J connectivity index is 1.89. The fraction of sp³-hybridized carbons (Fsp3) is 0.222. The highest BCUT2D eigenvalue weighted by molar-refractivity contribution is 5.93. The lowest BCUT2D eigenvalue weighted by molar-refractivity contribution is -0.683. The Morgan fingerprint density at radius 2 is 1.60 bits per heavy atom. The lowest BCUT2D eigenvalue weighted by Gasteiger charge is -2.16. The zero-order valence-corrected chi connectivity index (χ0v) is 13.6. The predicted molar refractivity (Wildman–Crippen MR) is 92.1 cm³/mol. The number of carbonyl (C=O) groups is 2. The van der Waals surface area contributed by atoms with Crippen LogP contribution in [0.25, 0.3) is 0 Å². The lowest BCUT2D eigenvalue weighted by Crippen LogP contribution is -2.94. The Labute approximate surface area is 145 Å². The molecule has 7 heteroatoms. The van der Waals surface area contributed by atoms with Crippen molar-refractivity contribution < 1.29 is 25.1 Å². The number of para-hydroxylation sites is 1. The van der Waals surface area contributed by atoms with Crippen molar-refractivity contribution in [2.24, 2.45) is 0 Å². The fourth-order valence-electron chi connectivity index (χ4n) is 2.28. The Morgan fingerprint density at radius 3 is 2.20 bits per heavy atom. The average Bonchev–Trinajstić information content (AvgIpc) is 2.61. The van der Waals surface area contributed by atoms with E-state index in [-0.39, 0.29) is 19.6 Å². The van der Waals surface area contributed by atoms with E-state index in [9.17, 15) is 14.7 Å². The van der Waals surface area contributed by atoms with Crippen molar-refractivity contribution >= 4 is 28.9 Å². The molecule has 0 spiro atoms. The van der Waals surface area contributed by atoms with Gasteiger partial charge in [-0.1, -0.05) is 18.2 Å². The summed E-state index contributed by atoms with van der Waals surface area (Å²) < 4.78 is 0. The van der Waals surface area contributed by atoms with Gasteiger partial charge in [0.15, 0.2) is 0 Å². The van der Waals surface area contributed by atoms with Crippen LogP contribution in [0, 0.1) is 0 Å². The first-order chi connectivity index (χ1) is 12.1. The van der Waals surface area contributed by atoms with Gasteiger partial charge in [-0.3, -0.25) is 4.79 Å². The molecule has 0 bridgehead atoms. The van der Waals surface area contributed by atoms with E-state index in [0.29, 0.717) is 5.69 Å². The quantitative estimate of drug-likeness (QED) is 0.486. The maximum atomic E-state index is 12.0. The average molecular weight is 343 g/mol. The van der Waals surface area contributed by atoms with Crippen LogP contribution >= 0.6 is 0 Å². The third kappa shape index (κ3) is 6.25. The van der Waals surface area contributed by atoms with Gasteiger partial charge in [0.2, 0.25) is 5.91 Å². The summed E-state index contributed by atoms with van der Waals surface area (Å²) in [6, 6.07) is 15.7. The molecule has 25 heavy (non-hydrogen) atoms. The first kappa shape index (κ1) is 18.4. The van der Waals surface area contributed by atoms with Crippen molar-refractivity contribution in [2.45, 2.75) is 12.5 Å². The molecule has 0 aromatic heterocycles. The van der Waals surface area contributed by atoms with Gasteiger partial charge in [-0.25, -0.2) is 0 Å². The number of benzene rings is 2. The van der Waals surface area contributed by atoms with E-state index in [1.807, 2.05) is 42.5 Å². The molecule has 0 radical (unpaired) electrons. The molecule has 0 aliphatic rings. The van der Waals surface area contributed by atoms with E-state index < -0.39 is 17.9 Å². The first-order valence-electron chi connectivity index (χ1n) is 7.95. The summed E-state index contributed by atoms with van der Waals surface area (Å²) in [5, 5.41) is 27.0. The zero-order valence-electron chi connectivity index (χ0n) is 13.6. The summed E-state index contributed by atoms with van der Waals surface area (Å²) in [6.07, 6.45) is -0.230. The second kappa shape index (κ2) is 9.41. The van der Waals surface area contributed by atoms with Gasteiger partial charge in [0.25, 0.3) is 0 Å². The molecular weight excluding hydrogens is 322 g/mol. The van der Waals surface area contributed by atoms with E-state index in [4.69, 9.17) is 5.11 Å². The summed E-state index contributed by atoms with van der Waals surface area (Å²) in [5.74, 6) is -1.75. The van der Waals surface area contributed by atoms with Gasteiger partial charge in [-0.15, -0.1) is 0 Å². The smallest absolute Gasteiger partial charge is 0.230 e. The molecule has 2 aromatic rings. The van der Waals surface area contributed by atoms with Gasteiger partial charge in [-0.2, -0.15) is 0 Å². The molecule has 0 unspecified atom stereocenters. The van der Waals surface area contributed by atoms with Crippen LogP contribution in [0.3, 0.4) is 0 Å². The third-order valence-corrected chi connectivity index (χ3v) is 3.52. The van der Waals surface area contributed by atoms with Crippen LogP contribution in [0.2, 0.25) is 0 Å². The van der Waals surface area contributed by atoms with E-state index in [0.717, 1.165) is 11.4 Å². The minimum absolute atomic E-state index is 0.165. The maximum absolute atomic E-state index is 12.0. The van der Waals surface area contributed by atoms with Crippen LogP contribution in [0.5, 0.6) is 0 Å². The van der Waals surface area contributed by atoms with Gasteiger partial charge in [-0.05, 0) is 36.4 Å². The number of anilines is 3. The number of amides is 1. The minimum Gasteiger partial charge on any atom is -0.544 e. The number of nitrogens with two attached hydrogens (primary N) is 1. The second-order valence-corrected chi connectivity index (χ2v) is 5.49. The molecule has 1 atom stereocenters. The van der Waals surface area contributed by atoms with Crippen LogP contribution in [0.4, 0.5) is 17.1 Å². The molecule has 0 aliphatic heterocycles. The first-order valence-corrected chi connectivity index (χ1v) is 7.95. The molecule has 0 heterocycles. The second-order valence-electron chi connectivity index (χ2n) is 5.49. The van der Waals surface area contributed by atoms with Crippen molar-refractivity contribution in [1.82, 2.24) is 0 Å². The van der Waals surface area contributed by atoms with Crippen LogP contribution in [0.15, 0.2) is 54.6 Å². The van der Waals surface area contributed by atoms with Crippen molar-refractivity contribution in [2.75, 3.05) is 23.8 Å². The number of aliphatic carboxylic acids is 1. The van der Waals surface area contributed by atoms with Gasteiger partial charge >= 0.3 is 0 Å². The normalized spacial score (nSPS) is 11.6. The molecule has 7 nitrogen and oxygen atoms in total. The number of hydrogen-bond acceptors (Lipinski definition) is 5. The van der Waals surface area contributed by atoms with E-state index in [2.05, 4.69) is 10.6 Å². The summed E-state index contributed by atoms with van der Waals surface area (Å²) in [4.78, 5) is 23.0. The third-order valence-electron chi connectivity index (χ3n) is 3.52. The number of nitrogens with one attached hydrogen (secondary N) is 2. The Bertz CT molecular complexity index is 689. The Morgan fingerprint density at radius 1 is 1.00 bits per heavy atom. The molecule has 2 aromatic carbocycles. The number of carboxylic acid groups (broad SMARTS) is 1. The number of hydrogen-bond donors (Lipinski definition) is 4. The highest BCUT2D eigenvalue weighted by atomic mass is 16.4. The summed E-state index contributed by atoms with van der Waals surface area (Å²) in [6.45, 7) is 0.0348. The van der Waals surface area contributed by atoms with Crippen LogP contribution in [0.1, 0.15) is 6.42 Å². The SMILES string of the molecule is O=C(C[C@H]([NH2+]CCO)C(=O)[O-])Nc1ccc(Nc2ccccc2)cc1. The van der Waals surface area contributed by atoms with Crippen LogP contribution in [-0.4, -0.2) is 36.2 Å². The number of carboxylic acids is 1. The molecule has 0 saturated carbocycles. The van der Waals surface area contributed by atoms with Crippen molar-refractivity contribution in [3.63, 3.8) is 0 Å². The standard InChI is InChI=1S/C18H21N3O4/c22-11-10-19-16(18(24)25)12-17(23)21-15-8-6-14(7-9-15)20-13-4-2-1-3-5-13/h1-9,16,19-20,22H,10-12H2,(H,21,23)(H,24,25)/t16-/m0/s1. The largest absolute Gasteiger partial charge is 0.544 e. The lowest BCUT2D eigenvalue weighted by atomic mass is 10.2. The zero-order chi connectivity index (χ0) is 18.1. The van der Waals surface area contributed by atoms with E-state index in [1.54, 1.807) is 12.1 Å². The summed E-state index contributed by atoms with van der Waals surface area (Å²) in [5.41, 5.74) is 2.39.